The standard InChI is InChI=1S/C18H25N3/c1-12(2)16-8-6-15(7-9-16)11-19-17-10-14(5)20-18(21-17)13(3)4/h6-10,12-13H,11H2,1-5H3,(H,19,20,21). The molecule has 1 N–H and O–H groups in total. The number of rotatable bonds is 5. The normalized spacial score (nSPS) is 11.2. The molecule has 0 aliphatic carbocycles. The molecule has 112 valence electrons. The van der Waals surface area contributed by atoms with Crippen molar-refractivity contribution in [2.45, 2.75) is 53.0 Å². The fourth-order valence-electron chi connectivity index (χ4n) is 2.15. The second kappa shape index (κ2) is 6.70. The number of anilines is 1. The van der Waals surface area contributed by atoms with Gasteiger partial charge in [0.15, 0.2) is 0 Å². The number of aryl methyl sites for hydroxylation is 1. The third kappa shape index (κ3) is 4.28. The number of nitrogens with zero attached hydrogens (tertiary/aromatic N) is 2. The molecule has 3 heteroatoms. The van der Waals surface area contributed by atoms with Gasteiger partial charge >= 0.3 is 0 Å². The minimum Gasteiger partial charge on any atom is -0.366 e. The lowest BCUT2D eigenvalue weighted by Crippen LogP contribution is -2.06. The monoisotopic (exact) mass is 283 g/mol. The van der Waals surface area contributed by atoms with Crippen LogP contribution in [-0.4, -0.2) is 9.97 Å². The van der Waals surface area contributed by atoms with Crippen LogP contribution in [0.2, 0.25) is 0 Å². The van der Waals surface area contributed by atoms with Crippen molar-refractivity contribution in [3.63, 3.8) is 0 Å². The van der Waals surface area contributed by atoms with Gasteiger partial charge in [0.25, 0.3) is 0 Å². The van der Waals surface area contributed by atoms with E-state index in [-0.39, 0.29) is 0 Å². The molecule has 0 bridgehead atoms. The maximum Gasteiger partial charge on any atom is 0.133 e. The smallest absolute Gasteiger partial charge is 0.133 e. The van der Waals surface area contributed by atoms with Crippen LogP contribution in [0.4, 0.5) is 5.82 Å². The summed E-state index contributed by atoms with van der Waals surface area (Å²) in [6.45, 7) is 11.4. The summed E-state index contributed by atoms with van der Waals surface area (Å²) in [6, 6.07) is 10.8. The SMILES string of the molecule is Cc1cc(NCc2ccc(C(C)C)cc2)nc(C(C)C)n1. The number of aromatic nitrogens is 2. The van der Waals surface area contributed by atoms with Gasteiger partial charge < -0.3 is 5.32 Å². The summed E-state index contributed by atoms with van der Waals surface area (Å²) in [5, 5.41) is 3.39. The Morgan fingerprint density at radius 3 is 2.19 bits per heavy atom. The van der Waals surface area contributed by atoms with E-state index in [2.05, 4.69) is 67.2 Å². The molecule has 1 heterocycles. The van der Waals surface area contributed by atoms with E-state index < -0.39 is 0 Å². The lowest BCUT2D eigenvalue weighted by molar-refractivity contribution is 0.766. The third-order valence-corrected chi connectivity index (χ3v) is 3.51. The van der Waals surface area contributed by atoms with Gasteiger partial charge in [0.2, 0.25) is 0 Å². The predicted octanol–water partition coefficient (Wildman–Crippen LogP) is 4.64. The second-order valence-electron chi connectivity index (χ2n) is 6.16. The number of hydrogen-bond donors (Lipinski definition) is 1. The summed E-state index contributed by atoms with van der Waals surface area (Å²) in [4.78, 5) is 9.04. The number of hydrogen-bond acceptors (Lipinski definition) is 3. The average molecular weight is 283 g/mol. The van der Waals surface area contributed by atoms with Gasteiger partial charge in [-0.1, -0.05) is 52.0 Å². The fraction of sp³-hybridized carbons (Fsp3) is 0.444. The van der Waals surface area contributed by atoms with Gasteiger partial charge in [-0.05, 0) is 24.0 Å². The van der Waals surface area contributed by atoms with Gasteiger partial charge in [-0.25, -0.2) is 9.97 Å². The first-order valence-electron chi connectivity index (χ1n) is 7.64. The molecule has 1 aromatic heterocycles. The van der Waals surface area contributed by atoms with E-state index in [0.717, 1.165) is 23.9 Å². The molecule has 0 spiro atoms. The maximum absolute atomic E-state index is 4.57. The van der Waals surface area contributed by atoms with E-state index in [1.165, 1.54) is 11.1 Å². The van der Waals surface area contributed by atoms with E-state index in [1.807, 2.05) is 13.0 Å². The first kappa shape index (κ1) is 15.5. The zero-order valence-electron chi connectivity index (χ0n) is 13.6. The quantitative estimate of drug-likeness (QED) is 0.868. The van der Waals surface area contributed by atoms with E-state index in [9.17, 15) is 0 Å². The van der Waals surface area contributed by atoms with Crippen LogP contribution >= 0.6 is 0 Å². The molecule has 0 aliphatic heterocycles. The molecule has 0 amide bonds. The minimum atomic E-state index is 0.343. The van der Waals surface area contributed by atoms with Crippen LogP contribution in [0.25, 0.3) is 0 Å². The van der Waals surface area contributed by atoms with Gasteiger partial charge in [-0.15, -0.1) is 0 Å². The van der Waals surface area contributed by atoms with Crippen LogP contribution in [-0.2, 0) is 6.54 Å². The van der Waals surface area contributed by atoms with Crippen molar-refractivity contribution in [3.8, 4) is 0 Å². The molecule has 0 unspecified atom stereocenters. The van der Waals surface area contributed by atoms with E-state index in [1.54, 1.807) is 0 Å². The van der Waals surface area contributed by atoms with Crippen molar-refractivity contribution in [2.24, 2.45) is 0 Å². The van der Waals surface area contributed by atoms with Crippen LogP contribution in [0.5, 0.6) is 0 Å². The molecule has 0 aliphatic rings. The molecule has 1 aromatic carbocycles. The highest BCUT2D eigenvalue weighted by Crippen LogP contribution is 2.17. The maximum atomic E-state index is 4.57. The summed E-state index contributed by atoms with van der Waals surface area (Å²) in [5.41, 5.74) is 3.65. The van der Waals surface area contributed by atoms with E-state index in [0.29, 0.717) is 11.8 Å². The van der Waals surface area contributed by atoms with Crippen molar-refractivity contribution >= 4 is 5.82 Å². The molecule has 0 saturated heterocycles. The lowest BCUT2D eigenvalue weighted by atomic mass is 10.0. The Hall–Kier alpha value is -1.90. The van der Waals surface area contributed by atoms with Crippen LogP contribution in [0.3, 0.4) is 0 Å². The number of benzene rings is 1. The Morgan fingerprint density at radius 2 is 1.62 bits per heavy atom. The first-order valence-corrected chi connectivity index (χ1v) is 7.64. The van der Waals surface area contributed by atoms with E-state index in [4.69, 9.17) is 0 Å². The molecule has 0 fully saturated rings. The van der Waals surface area contributed by atoms with Gasteiger partial charge in [-0.2, -0.15) is 0 Å². The fourth-order valence-corrected chi connectivity index (χ4v) is 2.15. The molecule has 0 saturated carbocycles. The van der Waals surface area contributed by atoms with Crippen LogP contribution in [0.15, 0.2) is 30.3 Å². The topological polar surface area (TPSA) is 37.8 Å². The third-order valence-electron chi connectivity index (χ3n) is 3.51. The summed E-state index contributed by atoms with van der Waals surface area (Å²) in [6.07, 6.45) is 0. The Kier molecular flexibility index (Phi) is 4.94. The summed E-state index contributed by atoms with van der Waals surface area (Å²) in [5.74, 6) is 2.72. The zero-order valence-corrected chi connectivity index (χ0v) is 13.6. The van der Waals surface area contributed by atoms with Crippen molar-refractivity contribution in [2.75, 3.05) is 5.32 Å². The lowest BCUT2D eigenvalue weighted by Gasteiger charge is -2.11. The molecule has 0 atom stereocenters. The molecular formula is C18H25N3. The molecule has 2 aromatic rings. The molecule has 2 rings (SSSR count). The molecule has 21 heavy (non-hydrogen) atoms. The Morgan fingerprint density at radius 1 is 0.952 bits per heavy atom. The van der Waals surface area contributed by atoms with Crippen LogP contribution < -0.4 is 5.32 Å². The molecule has 3 nitrogen and oxygen atoms in total. The number of nitrogens with one attached hydrogen (secondary N) is 1. The Labute approximate surface area is 127 Å². The van der Waals surface area contributed by atoms with Crippen molar-refractivity contribution in [1.29, 1.82) is 0 Å². The average Bonchev–Trinajstić information content (AvgIpc) is 2.45. The molecular weight excluding hydrogens is 258 g/mol. The summed E-state index contributed by atoms with van der Waals surface area (Å²) >= 11 is 0. The van der Waals surface area contributed by atoms with Gasteiger partial charge in [0.1, 0.15) is 11.6 Å². The van der Waals surface area contributed by atoms with Crippen LogP contribution in [0.1, 0.15) is 62.2 Å². The highest BCUT2D eigenvalue weighted by atomic mass is 15.0. The second-order valence-corrected chi connectivity index (χ2v) is 6.16. The largest absolute Gasteiger partial charge is 0.366 e. The predicted molar refractivity (Wildman–Crippen MR) is 88.7 cm³/mol. The highest BCUT2D eigenvalue weighted by Gasteiger charge is 2.06. The van der Waals surface area contributed by atoms with Crippen molar-refractivity contribution in [3.05, 3.63) is 53.0 Å². The van der Waals surface area contributed by atoms with Crippen molar-refractivity contribution in [1.82, 2.24) is 9.97 Å². The molecule has 0 radical (unpaired) electrons. The first-order chi connectivity index (χ1) is 9.95. The Bertz CT molecular complexity index is 586. The van der Waals surface area contributed by atoms with Gasteiger partial charge in [0, 0.05) is 24.2 Å². The van der Waals surface area contributed by atoms with Gasteiger partial charge in [0.05, 0.1) is 0 Å². The zero-order chi connectivity index (χ0) is 15.4. The summed E-state index contributed by atoms with van der Waals surface area (Å²) < 4.78 is 0. The minimum absolute atomic E-state index is 0.343. The van der Waals surface area contributed by atoms with Gasteiger partial charge in [-0.3, -0.25) is 0 Å². The highest BCUT2D eigenvalue weighted by molar-refractivity contribution is 5.38. The Balaban J connectivity index is 2.05. The van der Waals surface area contributed by atoms with Crippen LogP contribution in [0, 0.1) is 6.92 Å². The van der Waals surface area contributed by atoms with E-state index >= 15 is 0 Å². The summed E-state index contributed by atoms with van der Waals surface area (Å²) in [7, 11) is 0. The van der Waals surface area contributed by atoms with Crippen molar-refractivity contribution < 1.29 is 0 Å².